The number of carboxylic acid groups (broad SMARTS) is 1. The topological polar surface area (TPSA) is 40.5 Å². The minimum absolute atomic E-state index is 0.216. The van der Waals surface area contributed by atoms with E-state index < -0.39 is 5.97 Å². The summed E-state index contributed by atoms with van der Waals surface area (Å²) in [6, 6.07) is 0. The number of nitrogens with zero attached hydrogens (tertiary/aromatic N) is 1. The molecule has 0 aliphatic carbocycles. The molecule has 0 saturated heterocycles. The van der Waals surface area contributed by atoms with Gasteiger partial charge < -0.3 is 10.0 Å². The minimum atomic E-state index is -0.677. The van der Waals surface area contributed by atoms with Gasteiger partial charge >= 0.3 is 5.97 Å². The third-order valence-corrected chi connectivity index (χ3v) is 2.46. The van der Waals surface area contributed by atoms with Crippen LogP contribution in [0.25, 0.3) is 0 Å². The van der Waals surface area contributed by atoms with E-state index in [1.165, 1.54) is 0 Å². The maximum absolute atomic E-state index is 10.8. The summed E-state index contributed by atoms with van der Waals surface area (Å²) in [6.07, 6.45) is 1.84. The monoisotopic (exact) mass is 201 g/mol. The van der Waals surface area contributed by atoms with E-state index in [2.05, 4.69) is 18.7 Å². The number of aliphatic carboxylic acids is 1. The van der Waals surface area contributed by atoms with Gasteiger partial charge in [0, 0.05) is 6.54 Å². The average Bonchev–Trinajstić information content (AvgIpc) is 2.10. The van der Waals surface area contributed by atoms with Crippen LogP contribution in [0.1, 0.15) is 33.6 Å². The second kappa shape index (κ2) is 6.82. The highest BCUT2D eigenvalue weighted by Gasteiger charge is 2.16. The number of hydrogen-bond acceptors (Lipinski definition) is 2. The Balaban J connectivity index is 3.79. The van der Waals surface area contributed by atoms with E-state index >= 15 is 0 Å². The van der Waals surface area contributed by atoms with Gasteiger partial charge in [0.15, 0.2) is 0 Å². The molecule has 0 rings (SSSR count). The van der Waals surface area contributed by atoms with Crippen molar-refractivity contribution in [1.29, 1.82) is 0 Å². The number of rotatable bonds is 7. The zero-order valence-corrected chi connectivity index (χ0v) is 9.79. The molecule has 3 nitrogen and oxygen atoms in total. The van der Waals surface area contributed by atoms with Crippen LogP contribution in [-0.2, 0) is 4.79 Å². The molecule has 14 heavy (non-hydrogen) atoms. The molecule has 1 unspecified atom stereocenters. The summed E-state index contributed by atoms with van der Waals surface area (Å²) in [5.74, 6) is -0.210. The highest BCUT2D eigenvalue weighted by atomic mass is 16.4. The van der Waals surface area contributed by atoms with E-state index in [4.69, 9.17) is 5.11 Å². The van der Waals surface area contributed by atoms with Crippen molar-refractivity contribution in [3.05, 3.63) is 0 Å². The van der Waals surface area contributed by atoms with Crippen LogP contribution in [-0.4, -0.2) is 36.1 Å². The van der Waals surface area contributed by atoms with Gasteiger partial charge in [0.1, 0.15) is 0 Å². The summed E-state index contributed by atoms with van der Waals surface area (Å²) in [5, 5.41) is 8.87. The predicted octanol–water partition coefficient (Wildman–Crippen LogP) is 2.08. The largest absolute Gasteiger partial charge is 0.481 e. The summed E-state index contributed by atoms with van der Waals surface area (Å²) in [6.45, 7) is 7.94. The summed E-state index contributed by atoms with van der Waals surface area (Å²) in [4.78, 5) is 12.9. The number of carbonyl (C=O) groups is 1. The van der Waals surface area contributed by atoms with Gasteiger partial charge in [-0.3, -0.25) is 4.79 Å². The highest BCUT2D eigenvalue weighted by molar-refractivity contribution is 5.70. The van der Waals surface area contributed by atoms with Crippen LogP contribution in [0.4, 0.5) is 0 Å². The van der Waals surface area contributed by atoms with Crippen LogP contribution in [0.5, 0.6) is 0 Å². The zero-order valence-electron chi connectivity index (χ0n) is 9.79. The lowest BCUT2D eigenvalue weighted by molar-refractivity contribution is -0.142. The zero-order chi connectivity index (χ0) is 11.1. The SMILES string of the molecule is CCC(CN(C)CCC(C)C)C(=O)O. The molecule has 0 saturated carbocycles. The Morgan fingerprint density at radius 2 is 2.00 bits per heavy atom. The fraction of sp³-hybridized carbons (Fsp3) is 0.909. The molecule has 0 bridgehead atoms. The van der Waals surface area contributed by atoms with Crippen molar-refractivity contribution < 1.29 is 9.90 Å². The van der Waals surface area contributed by atoms with Crippen LogP contribution in [0, 0.1) is 11.8 Å². The first-order chi connectivity index (χ1) is 6.47. The number of hydrogen-bond donors (Lipinski definition) is 1. The van der Waals surface area contributed by atoms with Gasteiger partial charge in [-0.15, -0.1) is 0 Å². The fourth-order valence-electron chi connectivity index (χ4n) is 1.33. The molecule has 84 valence electrons. The minimum Gasteiger partial charge on any atom is -0.481 e. The van der Waals surface area contributed by atoms with Crippen molar-refractivity contribution in [3.8, 4) is 0 Å². The van der Waals surface area contributed by atoms with Crippen LogP contribution in [0.2, 0.25) is 0 Å². The molecule has 1 atom stereocenters. The molecule has 0 radical (unpaired) electrons. The first-order valence-corrected chi connectivity index (χ1v) is 5.38. The van der Waals surface area contributed by atoms with Crippen molar-refractivity contribution in [2.24, 2.45) is 11.8 Å². The van der Waals surface area contributed by atoms with E-state index in [-0.39, 0.29) is 5.92 Å². The van der Waals surface area contributed by atoms with E-state index in [1.54, 1.807) is 0 Å². The molecular formula is C11H23NO2. The summed E-state index contributed by atoms with van der Waals surface area (Å²) in [5.41, 5.74) is 0. The molecule has 0 aliphatic heterocycles. The van der Waals surface area contributed by atoms with Crippen LogP contribution in [0.15, 0.2) is 0 Å². The smallest absolute Gasteiger partial charge is 0.307 e. The molecule has 0 aromatic heterocycles. The molecule has 0 amide bonds. The maximum atomic E-state index is 10.8. The third kappa shape index (κ3) is 5.97. The van der Waals surface area contributed by atoms with Gasteiger partial charge in [-0.1, -0.05) is 20.8 Å². The molecule has 1 N–H and O–H groups in total. The Bertz CT molecular complexity index is 169. The Morgan fingerprint density at radius 3 is 2.36 bits per heavy atom. The van der Waals surface area contributed by atoms with E-state index in [9.17, 15) is 4.79 Å². The molecular weight excluding hydrogens is 178 g/mol. The van der Waals surface area contributed by atoms with Crippen LogP contribution in [0.3, 0.4) is 0 Å². The van der Waals surface area contributed by atoms with Gasteiger partial charge in [-0.25, -0.2) is 0 Å². The summed E-state index contributed by atoms with van der Waals surface area (Å²) < 4.78 is 0. The first-order valence-electron chi connectivity index (χ1n) is 5.38. The number of carboxylic acids is 1. The molecule has 3 heteroatoms. The van der Waals surface area contributed by atoms with Crippen molar-refractivity contribution in [1.82, 2.24) is 4.90 Å². The van der Waals surface area contributed by atoms with Crippen molar-refractivity contribution >= 4 is 5.97 Å². The maximum Gasteiger partial charge on any atom is 0.307 e. The standard InChI is InChI=1S/C11H23NO2/c1-5-10(11(13)14)8-12(4)7-6-9(2)3/h9-10H,5-8H2,1-4H3,(H,13,14). The lowest BCUT2D eigenvalue weighted by Gasteiger charge is -2.21. The van der Waals surface area contributed by atoms with Crippen LogP contribution < -0.4 is 0 Å². The lowest BCUT2D eigenvalue weighted by atomic mass is 10.1. The van der Waals surface area contributed by atoms with Gasteiger partial charge in [-0.2, -0.15) is 0 Å². The molecule has 0 spiro atoms. The molecule has 0 aromatic carbocycles. The van der Waals surface area contributed by atoms with E-state index in [0.717, 1.165) is 13.0 Å². The van der Waals surface area contributed by atoms with E-state index in [1.807, 2.05) is 14.0 Å². The lowest BCUT2D eigenvalue weighted by Crippen LogP contribution is -2.31. The average molecular weight is 201 g/mol. The Morgan fingerprint density at radius 1 is 1.43 bits per heavy atom. The van der Waals surface area contributed by atoms with Crippen molar-refractivity contribution in [2.75, 3.05) is 20.1 Å². The van der Waals surface area contributed by atoms with Gasteiger partial charge in [0.2, 0.25) is 0 Å². The summed E-state index contributed by atoms with van der Waals surface area (Å²) in [7, 11) is 1.99. The second-order valence-corrected chi connectivity index (χ2v) is 4.39. The first kappa shape index (κ1) is 13.4. The molecule has 0 aromatic rings. The predicted molar refractivity (Wildman–Crippen MR) is 58.4 cm³/mol. The Hall–Kier alpha value is -0.570. The second-order valence-electron chi connectivity index (χ2n) is 4.39. The quantitative estimate of drug-likeness (QED) is 0.685. The summed E-state index contributed by atoms with van der Waals surface area (Å²) >= 11 is 0. The molecule has 0 heterocycles. The molecule has 0 aliphatic rings. The van der Waals surface area contributed by atoms with Gasteiger partial charge in [0.25, 0.3) is 0 Å². The van der Waals surface area contributed by atoms with Gasteiger partial charge in [-0.05, 0) is 32.4 Å². The fourth-order valence-corrected chi connectivity index (χ4v) is 1.33. The van der Waals surface area contributed by atoms with Crippen molar-refractivity contribution in [2.45, 2.75) is 33.6 Å². The Labute approximate surface area is 87.1 Å². The normalized spacial score (nSPS) is 13.6. The van der Waals surface area contributed by atoms with Crippen molar-refractivity contribution in [3.63, 3.8) is 0 Å². The molecule has 0 fully saturated rings. The highest BCUT2D eigenvalue weighted by Crippen LogP contribution is 2.07. The third-order valence-electron chi connectivity index (χ3n) is 2.46. The Kier molecular flexibility index (Phi) is 6.54. The van der Waals surface area contributed by atoms with Crippen LogP contribution >= 0.6 is 0 Å². The van der Waals surface area contributed by atoms with Gasteiger partial charge in [0.05, 0.1) is 5.92 Å². The van der Waals surface area contributed by atoms with E-state index in [0.29, 0.717) is 18.9 Å².